The van der Waals surface area contributed by atoms with Gasteiger partial charge in [-0.2, -0.15) is 9.97 Å². The number of hydrogen-bond donors (Lipinski definition) is 2. The van der Waals surface area contributed by atoms with Gasteiger partial charge in [0.25, 0.3) is 0 Å². The molecule has 15 nitrogen and oxygen atoms in total. The van der Waals surface area contributed by atoms with Gasteiger partial charge in [0.1, 0.15) is 12.7 Å². The number of anilines is 2. The summed E-state index contributed by atoms with van der Waals surface area (Å²) in [5, 5.41) is 5.84. The average Bonchev–Trinajstić information content (AvgIpc) is 3.40. The molecular formula is C26H40N6O9Si. The van der Waals surface area contributed by atoms with Crippen molar-refractivity contribution in [3.63, 3.8) is 0 Å². The van der Waals surface area contributed by atoms with Crippen LogP contribution in [0.3, 0.4) is 0 Å². The van der Waals surface area contributed by atoms with E-state index in [9.17, 15) is 19.2 Å². The van der Waals surface area contributed by atoms with Gasteiger partial charge >= 0.3 is 17.9 Å². The normalized spacial score (nSPS) is 20.7. The van der Waals surface area contributed by atoms with Crippen LogP contribution >= 0.6 is 0 Å². The third-order valence-corrected chi connectivity index (χ3v) is 11.5. The first-order chi connectivity index (χ1) is 19.5. The molecule has 1 aliphatic heterocycles. The van der Waals surface area contributed by atoms with Crippen molar-refractivity contribution in [3.05, 3.63) is 6.33 Å². The van der Waals surface area contributed by atoms with E-state index < -0.39 is 50.8 Å². The lowest BCUT2D eigenvalue weighted by atomic mass is 10.1. The predicted octanol–water partition coefficient (Wildman–Crippen LogP) is 2.54. The van der Waals surface area contributed by atoms with E-state index in [1.807, 2.05) is 0 Å². The van der Waals surface area contributed by atoms with Crippen LogP contribution in [-0.2, 0) is 42.6 Å². The van der Waals surface area contributed by atoms with E-state index in [0.717, 1.165) is 0 Å². The number of nitrogens with one attached hydrogen (secondary N) is 2. The number of aromatic nitrogens is 4. The molecule has 1 fully saturated rings. The second-order valence-corrected chi connectivity index (χ2v) is 16.3. The van der Waals surface area contributed by atoms with Crippen LogP contribution in [0.1, 0.15) is 54.7 Å². The van der Waals surface area contributed by atoms with Crippen LogP contribution in [0.5, 0.6) is 0 Å². The zero-order valence-corrected chi connectivity index (χ0v) is 26.5. The lowest BCUT2D eigenvalue weighted by Gasteiger charge is -2.36. The van der Waals surface area contributed by atoms with Crippen molar-refractivity contribution in [1.82, 2.24) is 19.5 Å². The van der Waals surface area contributed by atoms with Gasteiger partial charge in [-0.05, 0) is 18.1 Å². The summed E-state index contributed by atoms with van der Waals surface area (Å²) in [5.41, 5.74) is 0.576. The first kappa shape index (κ1) is 32.9. The highest BCUT2D eigenvalue weighted by atomic mass is 28.4. The van der Waals surface area contributed by atoms with Gasteiger partial charge in [-0.3, -0.25) is 29.1 Å². The first-order valence-electron chi connectivity index (χ1n) is 13.5. The average molecular weight is 609 g/mol. The van der Waals surface area contributed by atoms with Gasteiger partial charge in [-0.25, -0.2) is 4.98 Å². The van der Waals surface area contributed by atoms with Gasteiger partial charge in [0.15, 0.2) is 43.7 Å². The summed E-state index contributed by atoms with van der Waals surface area (Å²) < 4.78 is 30.0. The van der Waals surface area contributed by atoms with E-state index in [2.05, 4.69) is 59.5 Å². The molecule has 16 heteroatoms. The quantitative estimate of drug-likeness (QED) is 0.164. The fraction of sp³-hybridized carbons (Fsp3) is 0.654. The summed E-state index contributed by atoms with van der Waals surface area (Å²) in [6.07, 6.45) is -2.88. The van der Waals surface area contributed by atoms with Crippen LogP contribution in [0, 0.1) is 0 Å². The van der Waals surface area contributed by atoms with Crippen molar-refractivity contribution in [1.29, 1.82) is 0 Å². The summed E-state index contributed by atoms with van der Waals surface area (Å²) >= 11 is 0. The van der Waals surface area contributed by atoms with E-state index in [4.69, 9.17) is 23.4 Å². The molecule has 0 bridgehead atoms. The monoisotopic (exact) mass is 608 g/mol. The molecule has 0 radical (unpaired) electrons. The first-order valence-corrected chi connectivity index (χ1v) is 16.4. The number of nitrogens with zero attached hydrogens (tertiary/aromatic N) is 4. The molecule has 3 heterocycles. The van der Waals surface area contributed by atoms with Crippen molar-refractivity contribution < 1.29 is 42.6 Å². The van der Waals surface area contributed by atoms with E-state index >= 15 is 0 Å². The maximum atomic E-state index is 12.1. The Morgan fingerprint density at radius 3 is 2.21 bits per heavy atom. The number of carbonyl (C=O) groups is 4. The van der Waals surface area contributed by atoms with Crippen LogP contribution in [0.2, 0.25) is 18.1 Å². The van der Waals surface area contributed by atoms with Gasteiger partial charge in [0.05, 0.1) is 12.9 Å². The number of rotatable bonds is 11. The number of fused-ring (bicyclic) bond motifs is 1. The molecule has 1 amide bonds. The summed E-state index contributed by atoms with van der Waals surface area (Å²) in [6.45, 7) is 16.3. The van der Waals surface area contributed by atoms with Crippen molar-refractivity contribution >= 4 is 55.1 Å². The van der Waals surface area contributed by atoms with Crippen LogP contribution < -0.4 is 10.6 Å². The topological polar surface area (TPSA) is 182 Å². The largest absolute Gasteiger partial charge is 0.463 e. The number of carbonyl (C=O) groups excluding carboxylic acids is 4. The lowest BCUT2D eigenvalue weighted by Crippen LogP contribution is -2.41. The smallest absolute Gasteiger partial charge is 0.303 e. The molecule has 4 atom stereocenters. The number of imidazole rings is 1. The van der Waals surface area contributed by atoms with Gasteiger partial charge in [-0.15, -0.1) is 0 Å². The van der Waals surface area contributed by atoms with Gasteiger partial charge in [-0.1, -0.05) is 20.8 Å². The number of ether oxygens (including phenoxy) is 4. The Kier molecular flexibility index (Phi) is 10.3. The maximum absolute atomic E-state index is 12.1. The zero-order chi connectivity index (χ0) is 31.4. The molecule has 0 saturated carbocycles. The van der Waals surface area contributed by atoms with Crippen molar-refractivity contribution in [2.75, 3.05) is 30.4 Å². The third-order valence-electron chi connectivity index (χ3n) is 6.99. The minimum absolute atomic E-state index is 0.000373. The van der Waals surface area contributed by atoms with Crippen molar-refractivity contribution in [3.8, 4) is 0 Å². The molecule has 3 rings (SSSR count). The third kappa shape index (κ3) is 8.01. The molecule has 1 aliphatic rings. The molecule has 2 aromatic heterocycles. The molecule has 2 aromatic rings. The van der Waals surface area contributed by atoms with Crippen LogP contribution in [0.25, 0.3) is 11.2 Å². The summed E-state index contributed by atoms with van der Waals surface area (Å²) in [5.74, 6) is -1.93. The SMILES string of the molecule is CC(=O)Nc1nc(NCCO[Si](C)(C)C(C)(C)C)c2ncn([C@@H]3O[C@H](COC(C)=O)[C@@H](OC(C)=O)[C@H]3OC(C)=O)c2n1. The summed E-state index contributed by atoms with van der Waals surface area (Å²) in [6, 6.07) is 0. The summed E-state index contributed by atoms with van der Waals surface area (Å²) in [7, 11) is -1.98. The lowest BCUT2D eigenvalue weighted by molar-refractivity contribution is -0.166. The Labute approximate surface area is 245 Å². The van der Waals surface area contributed by atoms with Gasteiger partial charge in [0, 0.05) is 34.2 Å². The van der Waals surface area contributed by atoms with Crippen molar-refractivity contribution in [2.45, 2.75) is 91.1 Å². The minimum Gasteiger partial charge on any atom is -0.463 e. The van der Waals surface area contributed by atoms with E-state index in [1.54, 1.807) is 0 Å². The zero-order valence-electron chi connectivity index (χ0n) is 25.5. The van der Waals surface area contributed by atoms with Crippen molar-refractivity contribution in [2.24, 2.45) is 0 Å². The molecular weight excluding hydrogens is 568 g/mol. The number of esters is 3. The second-order valence-electron chi connectivity index (χ2n) is 11.5. The van der Waals surface area contributed by atoms with Gasteiger partial charge < -0.3 is 28.7 Å². The van der Waals surface area contributed by atoms with Gasteiger partial charge in [0.2, 0.25) is 11.9 Å². The number of amides is 1. The molecule has 0 aliphatic carbocycles. The summed E-state index contributed by atoms with van der Waals surface area (Å²) in [4.78, 5) is 60.7. The number of hydrogen-bond acceptors (Lipinski definition) is 13. The molecule has 232 valence electrons. The fourth-order valence-corrected chi connectivity index (χ4v) is 5.09. The van der Waals surface area contributed by atoms with E-state index in [1.165, 1.54) is 38.6 Å². The maximum Gasteiger partial charge on any atom is 0.303 e. The standard InChI is InChI=1S/C26H40N6O9Si/c1-14(33)29-25-30-22(27-10-11-38-42(8,9)26(5,6)7)19-23(31-25)32(13-28-19)24-21(40-17(4)36)20(39-16(3)35)18(41-24)12-37-15(2)34/h13,18,20-21,24H,10-12H2,1-9H3,(H2,27,29,30,31,33)/t18-,20-,21-,24-/m1/s1. The molecule has 2 N–H and O–H groups in total. The molecule has 42 heavy (non-hydrogen) atoms. The Balaban J connectivity index is 1.99. The molecule has 0 aromatic carbocycles. The Morgan fingerprint density at radius 2 is 1.64 bits per heavy atom. The Morgan fingerprint density at radius 1 is 1.00 bits per heavy atom. The predicted molar refractivity (Wildman–Crippen MR) is 153 cm³/mol. The highest BCUT2D eigenvalue weighted by Crippen LogP contribution is 2.38. The van der Waals surface area contributed by atoms with Crippen LogP contribution in [-0.4, -0.2) is 89.7 Å². The highest BCUT2D eigenvalue weighted by Gasteiger charge is 2.51. The highest BCUT2D eigenvalue weighted by molar-refractivity contribution is 6.74. The van der Waals surface area contributed by atoms with Crippen LogP contribution in [0.15, 0.2) is 6.33 Å². The second kappa shape index (κ2) is 13.1. The molecule has 1 saturated heterocycles. The molecule has 0 unspecified atom stereocenters. The van der Waals surface area contributed by atoms with Crippen LogP contribution in [0.4, 0.5) is 11.8 Å². The van der Waals surface area contributed by atoms with E-state index in [0.29, 0.717) is 24.5 Å². The Hall–Kier alpha value is -3.63. The Bertz CT molecular complexity index is 1330. The molecule has 0 spiro atoms. The fourth-order valence-electron chi connectivity index (χ4n) is 4.05. The minimum atomic E-state index is -1.98. The van der Waals surface area contributed by atoms with E-state index in [-0.39, 0.29) is 29.1 Å².